The van der Waals surface area contributed by atoms with Gasteiger partial charge in [0.2, 0.25) is 0 Å². The van der Waals surface area contributed by atoms with E-state index in [-0.39, 0.29) is 0 Å². The van der Waals surface area contributed by atoms with Crippen molar-refractivity contribution in [2.45, 2.75) is 6.42 Å². The fraction of sp³-hybridized carbons (Fsp3) is 0.500. The Labute approximate surface area is 118 Å². The SMILES string of the molecule is N#Cc1cccc(Cl)c1NCCN1CCCOCC1. The standard InChI is InChI=1S/C14H18ClN3O/c15-13-4-1-3-12(11-16)14(13)17-5-7-18-6-2-9-19-10-8-18/h1,3-4,17H,2,5-10H2. The summed E-state index contributed by atoms with van der Waals surface area (Å²) in [5.41, 5.74) is 1.32. The Morgan fingerprint density at radius 3 is 3.11 bits per heavy atom. The van der Waals surface area contributed by atoms with Gasteiger partial charge in [-0.15, -0.1) is 0 Å². The molecule has 0 saturated carbocycles. The molecule has 4 nitrogen and oxygen atoms in total. The Bertz CT molecular complexity index is 450. The van der Waals surface area contributed by atoms with E-state index in [9.17, 15) is 0 Å². The summed E-state index contributed by atoms with van der Waals surface area (Å²) < 4.78 is 5.42. The van der Waals surface area contributed by atoms with Crippen LogP contribution in [-0.4, -0.2) is 44.3 Å². The van der Waals surface area contributed by atoms with Crippen molar-refractivity contribution in [1.29, 1.82) is 5.26 Å². The molecule has 1 fully saturated rings. The van der Waals surface area contributed by atoms with Gasteiger partial charge in [0.1, 0.15) is 6.07 Å². The van der Waals surface area contributed by atoms with Crippen LogP contribution in [0.25, 0.3) is 0 Å². The van der Waals surface area contributed by atoms with E-state index in [0.717, 1.165) is 51.5 Å². The molecule has 1 saturated heterocycles. The van der Waals surface area contributed by atoms with E-state index < -0.39 is 0 Å². The summed E-state index contributed by atoms with van der Waals surface area (Å²) in [6, 6.07) is 7.51. The third-order valence-corrected chi connectivity index (χ3v) is 3.49. The fourth-order valence-corrected chi connectivity index (χ4v) is 2.40. The molecule has 0 bridgehead atoms. The van der Waals surface area contributed by atoms with Gasteiger partial charge in [-0.25, -0.2) is 0 Å². The van der Waals surface area contributed by atoms with Gasteiger partial charge in [-0.3, -0.25) is 4.90 Å². The van der Waals surface area contributed by atoms with Crippen molar-refractivity contribution >= 4 is 17.3 Å². The Balaban J connectivity index is 1.87. The molecule has 0 amide bonds. The van der Waals surface area contributed by atoms with E-state index in [1.165, 1.54) is 0 Å². The maximum Gasteiger partial charge on any atom is 0.101 e. The first kappa shape index (κ1) is 14.1. The maximum atomic E-state index is 9.05. The van der Waals surface area contributed by atoms with Crippen molar-refractivity contribution in [3.8, 4) is 6.07 Å². The van der Waals surface area contributed by atoms with Crippen molar-refractivity contribution < 1.29 is 4.74 Å². The maximum absolute atomic E-state index is 9.05. The largest absolute Gasteiger partial charge is 0.381 e. The molecule has 1 aliphatic rings. The molecule has 5 heteroatoms. The summed E-state index contributed by atoms with van der Waals surface area (Å²) in [5.74, 6) is 0. The molecule has 19 heavy (non-hydrogen) atoms. The third-order valence-electron chi connectivity index (χ3n) is 3.18. The number of hydrogen-bond donors (Lipinski definition) is 1. The van der Waals surface area contributed by atoms with Crippen LogP contribution in [0.3, 0.4) is 0 Å². The summed E-state index contributed by atoms with van der Waals surface area (Å²) in [6.45, 7) is 5.39. The van der Waals surface area contributed by atoms with Crippen LogP contribution in [0.1, 0.15) is 12.0 Å². The van der Waals surface area contributed by atoms with Gasteiger partial charge in [0.25, 0.3) is 0 Å². The Hall–Kier alpha value is -1.28. The van der Waals surface area contributed by atoms with Crippen LogP contribution in [0.15, 0.2) is 18.2 Å². The van der Waals surface area contributed by atoms with Crippen molar-refractivity contribution in [2.24, 2.45) is 0 Å². The molecule has 0 spiro atoms. The molecule has 2 rings (SSSR count). The topological polar surface area (TPSA) is 48.3 Å². The van der Waals surface area contributed by atoms with Gasteiger partial charge in [-0.05, 0) is 18.6 Å². The van der Waals surface area contributed by atoms with Crippen LogP contribution >= 0.6 is 11.6 Å². The molecule has 0 aliphatic carbocycles. The zero-order valence-corrected chi connectivity index (χ0v) is 11.6. The lowest BCUT2D eigenvalue weighted by Crippen LogP contribution is -2.31. The normalized spacial score (nSPS) is 16.6. The smallest absolute Gasteiger partial charge is 0.101 e. The minimum absolute atomic E-state index is 0.590. The number of nitrogens with one attached hydrogen (secondary N) is 1. The predicted molar refractivity (Wildman–Crippen MR) is 76.5 cm³/mol. The minimum atomic E-state index is 0.590. The summed E-state index contributed by atoms with van der Waals surface area (Å²) in [4.78, 5) is 2.36. The Morgan fingerprint density at radius 1 is 1.37 bits per heavy atom. The van der Waals surface area contributed by atoms with Crippen LogP contribution in [0.5, 0.6) is 0 Å². The Kier molecular flexibility index (Phi) is 5.46. The van der Waals surface area contributed by atoms with Crippen molar-refractivity contribution in [3.63, 3.8) is 0 Å². The van der Waals surface area contributed by atoms with E-state index in [1.807, 2.05) is 0 Å². The number of para-hydroxylation sites is 1. The molecule has 1 aliphatic heterocycles. The lowest BCUT2D eigenvalue weighted by molar-refractivity contribution is 0.142. The Morgan fingerprint density at radius 2 is 2.26 bits per heavy atom. The van der Waals surface area contributed by atoms with E-state index >= 15 is 0 Å². The number of anilines is 1. The van der Waals surface area contributed by atoms with Crippen LogP contribution in [0.4, 0.5) is 5.69 Å². The summed E-state index contributed by atoms with van der Waals surface area (Å²) in [6.07, 6.45) is 1.08. The van der Waals surface area contributed by atoms with Crippen LogP contribution in [0, 0.1) is 11.3 Å². The van der Waals surface area contributed by atoms with Crippen LogP contribution < -0.4 is 5.32 Å². The predicted octanol–water partition coefficient (Wildman–Crippen LogP) is 2.35. The fourth-order valence-electron chi connectivity index (χ4n) is 2.16. The van der Waals surface area contributed by atoms with Crippen LogP contribution in [-0.2, 0) is 4.74 Å². The highest BCUT2D eigenvalue weighted by atomic mass is 35.5. The molecule has 1 aromatic carbocycles. The highest BCUT2D eigenvalue weighted by Crippen LogP contribution is 2.25. The molecule has 0 aromatic heterocycles. The highest BCUT2D eigenvalue weighted by Gasteiger charge is 2.10. The second-order valence-corrected chi connectivity index (χ2v) is 4.92. The highest BCUT2D eigenvalue weighted by molar-refractivity contribution is 6.33. The molecule has 102 valence electrons. The number of halogens is 1. The number of nitriles is 1. The number of rotatable bonds is 4. The average molecular weight is 280 g/mol. The monoisotopic (exact) mass is 279 g/mol. The first-order valence-corrected chi connectivity index (χ1v) is 6.91. The van der Waals surface area contributed by atoms with Gasteiger partial charge < -0.3 is 10.1 Å². The molecule has 0 atom stereocenters. The molecule has 1 aromatic rings. The molecule has 1 N–H and O–H groups in total. The first-order chi connectivity index (χ1) is 9.31. The van der Waals surface area contributed by atoms with Crippen molar-refractivity contribution in [2.75, 3.05) is 44.7 Å². The van der Waals surface area contributed by atoms with Gasteiger partial charge in [0, 0.05) is 32.8 Å². The second kappa shape index (κ2) is 7.34. The van der Waals surface area contributed by atoms with Crippen molar-refractivity contribution in [3.05, 3.63) is 28.8 Å². The zero-order valence-electron chi connectivity index (χ0n) is 10.9. The van der Waals surface area contributed by atoms with E-state index in [0.29, 0.717) is 10.6 Å². The van der Waals surface area contributed by atoms with E-state index in [1.54, 1.807) is 18.2 Å². The summed E-state index contributed by atoms with van der Waals surface area (Å²) in [5, 5.41) is 12.9. The number of ether oxygens (including phenoxy) is 1. The van der Waals surface area contributed by atoms with Gasteiger partial charge >= 0.3 is 0 Å². The van der Waals surface area contributed by atoms with Crippen LogP contribution in [0.2, 0.25) is 5.02 Å². The quantitative estimate of drug-likeness (QED) is 0.919. The first-order valence-electron chi connectivity index (χ1n) is 6.54. The van der Waals surface area contributed by atoms with E-state index in [4.69, 9.17) is 21.6 Å². The molecule has 1 heterocycles. The minimum Gasteiger partial charge on any atom is -0.381 e. The van der Waals surface area contributed by atoms with Gasteiger partial charge in [0.15, 0.2) is 0 Å². The molecular formula is C14H18ClN3O. The van der Waals surface area contributed by atoms with E-state index in [2.05, 4.69) is 16.3 Å². The summed E-state index contributed by atoms with van der Waals surface area (Å²) in [7, 11) is 0. The number of nitrogens with zero attached hydrogens (tertiary/aromatic N) is 2. The molecular weight excluding hydrogens is 262 g/mol. The second-order valence-electron chi connectivity index (χ2n) is 4.51. The van der Waals surface area contributed by atoms with Crippen molar-refractivity contribution in [1.82, 2.24) is 4.90 Å². The molecule has 0 radical (unpaired) electrons. The molecule has 0 unspecified atom stereocenters. The average Bonchev–Trinajstić information content (AvgIpc) is 2.69. The zero-order chi connectivity index (χ0) is 13.5. The number of hydrogen-bond acceptors (Lipinski definition) is 4. The third kappa shape index (κ3) is 4.10. The van der Waals surface area contributed by atoms with Gasteiger partial charge in [-0.2, -0.15) is 5.26 Å². The van der Waals surface area contributed by atoms with Gasteiger partial charge in [-0.1, -0.05) is 17.7 Å². The summed E-state index contributed by atoms with van der Waals surface area (Å²) >= 11 is 6.11. The lowest BCUT2D eigenvalue weighted by Gasteiger charge is -2.20. The lowest BCUT2D eigenvalue weighted by atomic mass is 10.2. The number of benzene rings is 1. The van der Waals surface area contributed by atoms with Gasteiger partial charge in [0.05, 0.1) is 22.9 Å².